The van der Waals surface area contributed by atoms with Crippen molar-refractivity contribution in [2.45, 2.75) is 24.7 Å². The van der Waals surface area contributed by atoms with E-state index in [0.29, 0.717) is 0 Å². The number of para-hydroxylation sites is 1. The molecule has 1 saturated heterocycles. The van der Waals surface area contributed by atoms with Crippen LogP contribution in [0, 0.1) is 0 Å². The van der Waals surface area contributed by atoms with Gasteiger partial charge < -0.3 is 15.1 Å². The highest BCUT2D eigenvalue weighted by Gasteiger charge is 2.24. The zero-order valence-electron chi connectivity index (χ0n) is 14.7. The molecule has 1 N–H and O–H groups in total. The smallest absolute Gasteiger partial charge is 0.227 e. The summed E-state index contributed by atoms with van der Waals surface area (Å²) in [6.07, 6.45) is 2.16. The van der Waals surface area contributed by atoms with E-state index in [-0.39, 0.29) is 0 Å². The van der Waals surface area contributed by atoms with E-state index < -0.39 is 0 Å². The Labute approximate surface area is 153 Å². The van der Waals surface area contributed by atoms with Crippen LogP contribution in [0.15, 0.2) is 35.2 Å². The normalized spacial score (nSPS) is 16.8. The van der Waals surface area contributed by atoms with E-state index in [0.717, 1.165) is 63.1 Å². The van der Waals surface area contributed by atoms with E-state index in [1.165, 1.54) is 16.3 Å². The van der Waals surface area contributed by atoms with E-state index in [2.05, 4.69) is 52.4 Å². The first-order chi connectivity index (χ1) is 12.3. The van der Waals surface area contributed by atoms with E-state index in [1.54, 1.807) is 0 Å². The van der Waals surface area contributed by atoms with E-state index in [9.17, 15) is 0 Å². The van der Waals surface area contributed by atoms with Crippen molar-refractivity contribution in [1.82, 2.24) is 9.97 Å². The first-order valence-electron chi connectivity index (χ1n) is 9.17. The van der Waals surface area contributed by atoms with Crippen molar-refractivity contribution in [3.05, 3.63) is 36.0 Å². The van der Waals surface area contributed by atoms with Crippen LogP contribution in [-0.4, -0.2) is 48.4 Å². The average molecular weight is 356 g/mol. The maximum Gasteiger partial charge on any atom is 0.227 e. The first-order valence-corrected chi connectivity index (χ1v) is 10.2. The number of fused-ring (bicyclic) bond motifs is 1. The molecule has 6 heteroatoms. The molecule has 25 heavy (non-hydrogen) atoms. The molecule has 2 aliphatic heterocycles. The minimum absolute atomic E-state index is 0.896. The fraction of sp³-hybridized carbons (Fsp3) is 0.474. The molecule has 1 aromatic carbocycles. The third-order valence-corrected chi connectivity index (χ3v) is 5.86. The van der Waals surface area contributed by atoms with Crippen LogP contribution in [-0.2, 0) is 6.42 Å². The number of nitrogens with zero attached hydrogens (tertiary/aromatic N) is 4. The summed E-state index contributed by atoms with van der Waals surface area (Å²) in [6.45, 7) is 7.10. The molecule has 2 aromatic rings. The molecule has 3 heterocycles. The number of aryl methyl sites for hydroxylation is 1. The number of hydrogen-bond acceptors (Lipinski definition) is 6. The maximum absolute atomic E-state index is 4.88. The summed E-state index contributed by atoms with van der Waals surface area (Å²) in [4.78, 5) is 15.8. The summed E-state index contributed by atoms with van der Waals surface area (Å²) in [5.74, 6) is 3.05. The summed E-state index contributed by atoms with van der Waals surface area (Å²) >= 11 is 1.88. The monoisotopic (exact) mass is 355 g/mol. The number of thioether (sulfide) groups is 1. The molecule has 0 amide bonds. The molecule has 4 rings (SSSR count). The van der Waals surface area contributed by atoms with Crippen molar-refractivity contribution in [3.63, 3.8) is 0 Å². The van der Waals surface area contributed by atoms with Crippen molar-refractivity contribution in [1.29, 1.82) is 0 Å². The number of rotatable bonds is 5. The van der Waals surface area contributed by atoms with Crippen LogP contribution >= 0.6 is 11.8 Å². The lowest BCUT2D eigenvalue weighted by molar-refractivity contribution is 0.637. The van der Waals surface area contributed by atoms with Crippen molar-refractivity contribution in [3.8, 4) is 0 Å². The average Bonchev–Trinajstić information content (AvgIpc) is 3.16. The molecule has 0 spiro atoms. The molecule has 132 valence electrons. The van der Waals surface area contributed by atoms with Crippen molar-refractivity contribution >= 4 is 29.2 Å². The molecule has 2 aliphatic rings. The molecule has 0 bridgehead atoms. The topological polar surface area (TPSA) is 44.3 Å². The van der Waals surface area contributed by atoms with Gasteiger partial charge in [0, 0.05) is 50.6 Å². The van der Waals surface area contributed by atoms with Crippen LogP contribution in [0.2, 0.25) is 0 Å². The molecular weight excluding hydrogens is 330 g/mol. The minimum Gasteiger partial charge on any atom is -0.369 e. The maximum atomic E-state index is 4.88. The molecule has 0 radical (unpaired) electrons. The molecule has 1 aromatic heterocycles. The van der Waals surface area contributed by atoms with Crippen LogP contribution in [0.4, 0.5) is 17.5 Å². The summed E-state index contributed by atoms with van der Waals surface area (Å²) in [7, 11) is 0. The van der Waals surface area contributed by atoms with Crippen LogP contribution < -0.4 is 15.1 Å². The van der Waals surface area contributed by atoms with Crippen molar-refractivity contribution < 1.29 is 0 Å². The number of aromatic nitrogens is 2. The Kier molecular flexibility index (Phi) is 4.97. The molecular formula is C19H25N5S. The lowest BCUT2D eigenvalue weighted by Gasteiger charge is -2.36. The van der Waals surface area contributed by atoms with Crippen molar-refractivity contribution in [2.24, 2.45) is 0 Å². The molecule has 5 nitrogen and oxygen atoms in total. The quantitative estimate of drug-likeness (QED) is 0.888. The van der Waals surface area contributed by atoms with Gasteiger partial charge in [0.25, 0.3) is 0 Å². The van der Waals surface area contributed by atoms with Gasteiger partial charge in [-0.1, -0.05) is 25.1 Å². The summed E-state index contributed by atoms with van der Waals surface area (Å²) < 4.78 is 0. The Morgan fingerprint density at radius 3 is 2.56 bits per heavy atom. The van der Waals surface area contributed by atoms with Crippen LogP contribution in [0.5, 0.6) is 0 Å². The summed E-state index contributed by atoms with van der Waals surface area (Å²) in [6, 6.07) is 10.7. The molecule has 1 fully saturated rings. The van der Waals surface area contributed by atoms with Gasteiger partial charge in [0.15, 0.2) is 0 Å². The lowest BCUT2D eigenvalue weighted by atomic mass is 10.2. The Morgan fingerprint density at radius 2 is 1.80 bits per heavy atom. The van der Waals surface area contributed by atoms with Crippen LogP contribution in [0.1, 0.15) is 19.0 Å². The Morgan fingerprint density at radius 1 is 1.04 bits per heavy atom. The first kappa shape index (κ1) is 16.5. The summed E-state index contributed by atoms with van der Waals surface area (Å²) in [5, 5.41) is 3.50. The third-order valence-electron chi connectivity index (χ3n) is 4.74. The van der Waals surface area contributed by atoms with Gasteiger partial charge >= 0.3 is 0 Å². The highest BCUT2D eigenvalue weighted by Crippen LogP contribution is 2.36. The second-order valence-electron chi connectivity index (χ2n) is 6.48. The second kappa shape index (κ2) is 7.52. The number of anilines is 3. The van der Waals surface area contributed by atoms with Crippen molar-refractivity contribution in [2.75, 3.05) is 53.6 Å². The molecule has 0 atom stereocenters. The van der Waals surface area contributed by atoms with E-state index in [1.807, 2.05) is 11.8 Å². The predicted molar refractivity (Wildman–Crippen MR) is 106 cm³/mol. The van der Waals surface area contributed by atoms with Gasteiger partial charge in [-0.25, -0.2) is 4.98 Å². The van der Waals surface area contributed by atoms with E-state index in [4.69, 9.17) is 9.97 Å². The number of piperazine rings is 1. The van der Waals surface area contributed by atoms with Gasteiger partial charge in [0.05, 0.1) is 10.6 Å². The zero-order chi connectivity index (χ0) is 17.1. The Hall–Kier alpha value is -1.95. The second-order valence-corrected chi connectivity index (χ2v) is 7.59. The van der Waals surface area contributed by atoms with Gasteiger partial charge in [-0.05, 0) is 18.6 Å². The van der Waals surface area contributed by atoms with Crippen LogP contribution in [0.3, 0.4) is 0 Å². The fourth-order valence-corrected chi connectivity index (χ4v) is 4.43. The van der Waals surface area contributed by atoms with Crippen LogP contribution in [0.25, 0.3) is 0 Å². The predicted octanol–water partition coefficient (Wildman–Crippen LogP) is 3.27. The third kappa shape index (κ3) is 3.54. The lowest BCUT2D eigenvalue weighted by Crippen LogP contribution is -2.47. The van der Waals surface area contributed by atoms with Gasteiger partial charge in [-0.15, -0.1) is 11.8 Å². The highest BCUT2D eigenvalue weighted by molar-refractivity contribution is 7.99. The van der Waals surface area contributed by atoms with Gasteiger partial charge in [-0.2, -0.15) is 4.98 Å². The minimum atomic E-state index is 0.896. The Balaban J connectivity index is 1.49. The highest BCUT2D eigenvalue weighted by atomic mass is 32.2. The molecule has 0 unspecified atom stereocenters. The van der Waals surface area contributed by atoms with Gasteiger partial charge in [0.1, 0.15) is 5.82 Å². The molecule has 0 saturated carbocycles. The SMILES string of the molecule is CCCNc1nc(N2CCN(c3ccccc3)CC2)nc2c1SCC2. The van der Waals surface area contributed by atoms with Gasteiger partial charge in [0.2, 0.25) is 5.95 Å². The summed E-state index contributed by atoms with van der Waals surface area (Å²) in [5.41, 5.74) is 2.53. The Bertz CT molecular complexity index is 713. The molecule has 0 aliphatic carbocycles. The largest absolute Gasteiger partial charge is 0.369 e. The number of benzene rings is 1. The number of nitrogens with one attached hydrogen (secondary N) is 1. The number of hydrogen-bond donors (Lipinski definition) is 1. The van der Waals surface area contributed by atoms with E-state index >= 15 is 0 Å². The fourth-order valence-electron chi connectivity index (χ4n) is 3.36. The standard InChI is InChI=1S/C19H25N5S/c1-2-9-20-18-17-16(8-14-25-17)21-19(22-18)24-12-10-23(11-13-24)15-6-4-3-5-7-15/h3-7H,2,8-14H2,1H3,(H,20,21,22). The van der Waals surface area contributed by atoms with Gasteiger partial charge in [-0.3, -0.25) is 0 Å². The zero-order valence-corrected chi connectivity index (χ0v) is 15.6.